The van der Waals surface area contributed by atoms with Crippen molar-refractivity contribution in [3.63, 3.8) is 0 Å². The summed E-state index contributed by atoms with van der Waals surface area (Å²) in [4.78, 5) is 15.0. The number of furan rings is 2. The molecule has 0 spiro atoms. The molecule has 12 aromatic rings. The van der Waals surface area contributed by atoms with E-state index in [0.29, 0.717) is 17.5 Å². The van der Waals surface area contributed by atoms with Gasteiger partial charge in [-0.05, 0) is 54.1 Å². The minimum atomic E-state index is 0.583. The molecule has 4 heterocycles. The van der Waals surface area contributed by atoms with Crippen molar-refractivity contribution >= 4 is 65.7 Å². The van der Waals surface area contributed by atoms with E-state index in [1.165, 1.54) is 21.8 Å². The summed E-state index contributed by atoms with van der Waals surface area (Å²) in [7, 11) is 0. The summed E-state index contributed by atoms with van der Waals surface area (Å²) in [6.07, 6.45) is 0. The van der Waals surface area contributed by atoms with Gasteiger partial charge in [0.1, 0.15) is 22.3 Å². The zero-order valence-electron chi connectivity index (χ0n) is 30.4. The number of benzene rings is 8. The van der Waals surface area contributed by atoms with E-state index in [4.69, 9.17) is 23.8 Å². The normalized spacial score (nSPS) is 11.9. The van der Waals surface area contributed by atoms with Crippen molar-refractivity contribution in [2.45, 2.75) is 0 Å². The molecule has 0 saturated carbocycles. The van der Waals surface area contributed by atoms with Crippen LogP contribution in [0, 0.1) is 0 Å². The monoisotopic (exact) mass is 730 g/mol. The van der Waals surface area contributed by atoms with Crippen molar-refractivity contribution in [3.05, 3.63) is 182 Å². The average molecular weight is 731 g/mol. The lowest BCUT2D eigenvalue weighted by Crippen LogP contribution is -2.00. The average Bonchev–Trinajstić information content (AvgIpc) is 3.96. The Morgan fingerprint density at radius 2 is 0.930 bits per heavy atom. The second-order valence-electron chi connectivity index (χ2n) is 14.4. The van der Waals surface area contributed by atoms with E-state index >= 15 is 0 Å². The van der Waals surface area contributed by atoms with Gasteiger partial charge in [0.15, 0.2) is 17.5 Å². The first-order valence-electron chi connectivity index (χ1n) is 19.0. The second-order valence-corrected chi connectivity index (χ2v) is 14.4. The van der Waals surface area contributed by atoms with Gasteiger partial charge in [-0.1, -0.05) is 133 Å². The Bertz CT molecular complexity index is 3410. The third-order valence-electron chi connectivity index (χ3n) is 11.1. The molecule has 0 bridgehead atoms. The van der Waals surface area contributed by atoms with Gasteiger partial charge in [-0.25, -0.2) is 15.0 Å². The van der Waals surface area contributed by atoms with Crippen LogP contribution in [0.5, 0.6) is 0 Å². The lowest BCUT2D eigenvalue weighted by atomic mass is 9.99. The summed E-state index contributed by atoms with van der Waals surface area (Å²) in [5.74, 6) is 1.81. The first-order valence-corrected chi connectivity index (χ1v) is 19.0. The lowest BCUT2D eigenvalue weighted by molar-refractivity contribution is 0.668. The molecule has 0 N–H and O–H groups in total. The van der Waals surface area contributed by atoms with Crippen LogP contribution >= 0.6 is 0 Å². The maximum absolute atomic E-state index is 6.71. The Hall–Kier alpha value is -7.83. The van der Waals surface area contributed by atoms with E-state index in [1.807, 2.05) is 72.8 Å². The fourth-order valence-electron chi connectivity index (χ4n) is 8.46. The molecular weight excluding hydrogens is 701 g/mol. The van der Waals surface area contributed by atoms with Crippen LogP contribution in [-0.4, -0.2) is 19.5 Å². The number of hydrogen-bond acceptors (Lipinski definition) is 5. The van der Waals surface area contributed by atoms with E-state index < -0.39 is 0 Å². The third-order valence-corrected chi connectivity index (χ3v) is 11.1. The van der Waals surface area contributed by atoms with Crippen molar-refractivity contribution in [2.75, 3.05) is 0 Å². The molecule has 0 amide bonds. The molecular formula is C51H30N4O2. The molecule has 0 aliphatic rings. The molecule has 0 aliphatic heterocycles. The van der Waals surface area contributed by atoms with Crippen LogP contribution in [0.1, 0.15) is 0 Å². The van der Waals surface area contributed by atoms with Gasteiger partial charge in [0.2, 0.25) is 0 Å². The molecule has 0 atom stereocenters. The summed E-state index contributed by atoms with van der Waals surface area (Å²) < 4.78 is 15.5. The minimum absolute atomic E-state index is 0.583. The predicted molar refractivity (Wildman–Crippen MR) is 230 cm³/mol. The quantitative estimate of drug-likeness (QED) is 0.176. The van der Waals surface area contributed by atoms with Crippen LogP contribution < -0.4 is 0 Å². The Morgan fingerprint density at radius 3 is 1.65 bits per heavy atom. The lowest BCUT2D eigenvalue weighted by Gasteiger charge is -2.09. The Morgan fingerprint density at radius 1 is 0.351 bits per heavy atom. The smallest absolute Gasteiger partial charge is 0.164 e. The second kappa shape index (κ2) is 12.3. The van der Waals surface area contributed by atoms with E-state index in [9.17, 15) is 0 Å². The molecule has 0 fully saturated rings. The van der Waals surface area contributed by atoms with Gasteiger partial charge < -0.3 is 13.4 Å². The van der Waals surface area contributed by atoms with Crippen LogP contribution in [0.4, 0.5) is 0 Å². The molecule has 6 heteroatoms. The highest BCUT2D eigenvalue weighted by Gasteiger charge is 2.20. The Labute approximate surface area is 325 Å². The molecule has 0 saturated heterocycles. The molecule has 8 aromatic carbocycles. The summed E-state index contributed by atoms with van der Waals surface area (Å²) in [5, 5.41) is 6.54. The Kier molecular flexibility index (Phi) is 6.83. The number of para-hydroxylation sites is 3. The van der Waals surface area contributed by atoms with Gasteiger partial charge in [0.05, 0.1) is 11.0 Å². The van der Waals surface area contributed by atoms with Crippen LogP contribution in [-0.2, 0) is 0 Å². The predicted octanol–water partition coefficient (Wildman–Crippen LogP) is 13.4. The highest BCUT2D eigenvalue weighted by atomic mass is 16.3. The topological polar surface area (TPSA) is 69.9 Å². The van der Waals surface area contributed by atoms with Gasteiger partial charge >= 0.3 is 0 Å². The molecule has 0 aliphatic carbocycles. The zero-order valence-corrected chi connectivity index (χ0v) is 30.4. The first kappa shape index (κ1) is 31.5. The molecule has 0 unspecified atom stereocenters. The van der Waals surface area contributed by atoms with E-state index in [-0.39, 0.29) is 0 Å². The molecule has 266 valence electrons. The van der Waals surface area contributed by atoms with Gasteiger partial charge in [0, 0.05) is 60.3 Å². The summed E-state index contributed by atoms with van der Waals surface area (Å²) in [6, 6.07) is 62.6. The number of rotatable bonds is 5. The fourth-order valence-corrected chi connectivity index (χ4v) is 8.46. The maximum Gasteiger partial charge on any atom is 0.164 e. The minimum Gasteiger partial charge on any atom is -0.456 e. The van der Waals surface area contributed by atoms with E-state index in [2.05, 4.69) is 114 Å². The van der Waals surface area contributed by atoms with Crippen molar-refractivity contribution < 1.29 is 8.83 Å². The van der Waals surface area contributed by atoms with Crippen LogP contribution in [0.15, 0.2) is 191 Å². The Balaban J connectivity index is 1.03. The molecule has 4 aromatic heterocycles. The van der Waals surface area contributed by atoms with Gasteiger partial charge in [-0.2, -0.15) is 0 Å². The first-order chi connectivity index (χ1) is 28.2. The third kappa shape index (κ3) is 4.94. The van der Waals surface area contributed by atoms with Gasteiger partial charge in [-0.15, -0.1) is 0 Å². The molecule has 6 nitrogen and oxygen atoms in total. The van der Waals surface area contributed by atoms with E-state index in [0.717, 1.165) is 77.4 Å². The highest BCUT2D eigenvalue weighted by Crippen LogP contribution is 2.42. The summed E-state index contributed by atoms with van der Waals surface area (Å²) >= 11 is 0. The van der Waals surface area contributed by atoms with Crippen LogP contribution in [0.25, 0.3) is 117 Å². The van der Waals surface area contributed by atoms with Crippen LogP contribution in [0.3, 0.4) is 0 Å². The molecule has 12 rings (SSSR count). The highest BCUT2D eigenvalue weighted by molar-refractivity contribution is 6.15. The standard InChI is InChI=1S/C51H30N4O2/c1-3-13-31(14-4-1)49-52-50(32-15-5-2-6-16-32)54-51(53-49)39-21-12-24-46-47(39)41-29-33(25-27-45(41)56-46)35-19-11-20-38-40-30-34(26-28-44(40)57-48(35)38)55-42-22-9-7-17-36(42)37-18-8-10-23-43(37)55/h1-30H. The van der Waals surface area contributed by atoms with Crippen molar-refractivity contribution in [1.82, 2.24) is 19.5 Å². The van der Waals surface area contributed by atoms with Crippen molar-refractivity contribution in [2.24, 2.45) is 0 Å². The van der Waals surface area contributed by atoms with E-state index in [1.54, 1.807) is 0 Å². The number of hydrogen-bond donors (Lipinski definition) is 0. The van der Waals surface area contributed by atoms with Gasteiger partial charge in [-0.3, -0.25) is 0 Å². The SMILES string of the molecule is c1ccc(-c2nc(-c3ccccc3)nc(-c3cccc4oc5ccc(-c6cccc7c6oc6ccc(-n8c9ccccc9c9ccccc98)cc67)cc5c34)n2)cc1. The zero-order chi connectivity index (χ0) is 37.5. The fraction of sp³-hybridized carbons (Fsp3) is 0. The summed E-state index contributed by atoms with van der Waals surface area (Å²) in [6.45, 7) is 0. The largest absolute Gasteiger partial charge is 0.456 e. The van der Waals surface area contributed by atoms with Gasteiger partial charge in [0.25, 0.3) is 0 Å². The number of aromatic nitrogens is 4. The van der Waals surface area contributed by atoms with Crippen molar-refractivity contribution in [3.8, 4) is 51.0 Å². The van der Waals surface area contributed by atoms with Crippen molar-refractivity contribution in [1.29, 1.82) is 0 Å². The molecule has 0 radical (unpaired) electrons. The number of nitrogens with zero attached hydrogens (tertiary/aromatic N) is 4. The number of fused-ring (bicyclic) bond motifs is 9. The maximum atomic E-state index is 6.71. The summed E-state index contributed by atoms with van der Waals surface area (Å²) in [5.41, 5.74) is 11.4. The van der Waals surface area contributed by atoms with Crippen LogP contribution in [0.2, 0.25) is 0 Å². The molecule has 57 heavy (non-hydrogen) atoms.